The zero-order valence-corrected chi connectivity index (χ0v) is 17.7. The standard InChI is InChI=1S/C18H21F3N4O5S/c1-17(2,3)29-16(26)25-9-8-12(10-25)24-31(27,28)13-6-4-11(5-7-13)14-22-15(30-23-14)18(19,20)21/h4-7,12,24H,8-10H2,1-3H3/t12-/m1/s1. The van der Waals surface area contributed by atoms with Crippen LogP contribution in [-0.4, -0.2) is 54.3 Å². The smallest absolute Gasteiger partial charge is 0.444 e. The number of ether oxygens (including phenoxy) is 1. The van der Waals surface area contributed by atoms with E-state index in [0.29, 0.717) is 13.0 Å². The van der Waals surface area contributed by atoms with Crippen molar-refractivity contribution < 1.29 is 35.6 Å². The molecule has 170 valence electrons. The van der Waals surface area contributed by atoms with Crippen molar-refractivity contribution in [2.45, 2.75) is 49.9 Å². The predicted octanol–water partition coefficient (Wildman–Crippen LogP) is 3.04. The molecule has 0 unspecified atom stereocenters. The molecule has 31 heavy (non-hydrogen) atoms. The summed E-state index contributed by atoms with van der Waals surface area (Å²) in [4.78, 5) is 16.7. The Morgan fingerprint density at radius 2 is 1.87 bits per heavy atom. The molecule has 1 atom stereocenters. The summed E-state index contributed by atoms with van der Waals surface area (Å²) in [6, 6.07) is 4.51. The van der Waals surface area contributed by atoms with E-state index < -0.39 is 39.8 Å². The highest BCUT2D eigenvalue weighted by atomic mass is 32.2. The molecule has 9 nitrogen and oxygen atoms in total. The summed E-state index contributed by atoms with van der Waals surface area (Å²) >= 11 is 0. The fraction of sp³-hybridized carbons (Fsp3) is 0.500. The van der Waals surface area contributed by atoms with Gasteiger partial charge in [-0.2, -0.15) is 18.2 Å². The molecular formula is C18H21F3N4O5S. The van der Waals surface area contributed by atoms with E-state index in [1.165, 1.54) is 29.2 Å². The SMILES string of the molecule is CC(C)(C)OC(=O)N1CC[C@@H](NS(=O)(=O)c2ccc(-c3noc(C(F)(F)F)n3)cc2)C1. The van der Waals surface area contributed by atoms with Crippen LogP contribution in [0.15, 0.2) is 33.7 Å². The number of rotatable bonds is 4. The van der Waals surface area contributed by atoms with Gasteiger partial charge >= 0.3 is 18.2 Å². The minimum Gasteiger partial charge on any atom is -0.444 e. The Morgan fingerprint density at radius 3 is 2.42 bits per heavy atom. The lowest BCUT2D eigenvalue weighted by Gasteiger charge is -2.24. The van der Waals surface area contributed by atoms with E-state index >= 15 is 0 Å². The molecule has 2 heterocycles. The van der Waals surface area contributed by atoms with Gasteiger partial charge in [-0.3, -0.25) is 0 Å². The van der Waals surface area contributed by atoms with E-state index in [2.05, 4.69) is 19.4 Å². The molecule has 0 saturated carbocycles. The third-order valence-electron chi connectivity index (χ3n) is 4.25. The highest BCUT2D eigenvalue weighted by Crippen LogP contribution is 2.29. The van der Waals surface area contributed by atoms with Gasteiger partial charge in [0.1, 0.15) is 5.60 Å². The summed E-state index contributed by atoms with van der Waals surface area (Å²) < 4.78 is 75.0. The number of benzene rings is 1. The van der Waals surface area contributed by atoms with Crippen LogP contribution in [0.5, 0.6) is 0 Å². The maximum Gasteiger partial charge on any atom is 0.471 e. The van der Waals surface area contributed by atoms with E-state index in [-0.39, 0.29) is 22.8 Å². The first kappa shape index (κ1) is 23.0. The van der Waals surface area contributed by atoms with Crippen LogP contribution >= 0.6 is 0 Å². The van der Waals surface area contributed by atoms with Crippen LogP contribution in [0.4, 0.5) is 18.0 Å². The molecular weight excluding hydrogens is 441 g/mol. The lowest BCUT2D eigenvalue weighted by atomic mass is 10.2. The molecule has 1 aromatic carbocycles. The summed E-state index contributed by atoms with van der Waals surface area (Å²) in [5, 5.41) is 3.26. The Morgan fingerprint density at radius 1 is 1.23 bits per heavy atom. The average Bonchev–Trinajstić information content (AvgIpc) is 3.29. The van der Waals surface area contributed by atoms with E-state index in [9.17, 15) is 26.4 Å². The van der Waals surface area contributed by atoms with Gasteiger partial charge in [0.25, 0.3) is 0 Å². The normalized spacial score (nSPS) is 17.7. The molecule has 0 radical (unpaired) electrons. The number of hydrogen-bond donors (Lipinski definition) is 1. The zero-order valence-electron chi connectivity index (χ0n) is 16.9. The fourth-order valence-corrected chi connectivity index (χ4v) is 4.14. The van der Waals surface area contributed by atoms with E-state index in [1.54, 1.807) is 20.8 Å². The molecule has 1 saturated heterocycles. The van der Waals surface area contributed by atoms with E-state index in [1.807, 2.05) is 0 Å². The fourth-order valence-electron chi connectivity index (χ4n) is 2.88. The Hall–Kier alpha value is -2.67. The Labute approximate surface area is 176 Å². The first-order chi connectivity index (χ1) is 14.2. The van der Waals surface area contributed by atoms with Crippen LogP contribution in [-0.2, 0) is 20.9 Å². The Balaban J connectivity index is 1.65. The summed E-state index contributed by atoms with van der Waals surface area (Å²) in [5.41, 5.74) is -0.495. The topological polar surface area (TPSA) is 115 Å². The number of carbonyl (C=O) groups is 1. The van der Waals surface area contributed by atoms with Crippen molar-refractivity contribution in [3.8, 4) is 11.4 Å². The van der Waals surface area contributed by atoms with Crippen molar-refractivity contribution in [1.82, 2.24) is 19.8 Å². The van der Waals surface area contributed by atoms with E-state index in [4.69, 9.17) is 4.74 Å². The maximum absolute atomic E-state index is 12.6. The van der Waals surface area contributed by atoms with Crippen molar-refractivity contribution in [2.24, 2.45) is 0 Å². The molecule has 13 heteroatoms. The van der Waals surface area contributed by atoms with Crippen molar-refractivity contribution in [3.63, 3.8) is 0 Å². The van der Waals surface area contributed by atoms with Crippen molar-refractivity contribution in [1.29, 1.82) is 0 Å². The lowest BCUT2D eigenvalue weighted by molar-refractivity contribution is -0.159. The largest absolute Gasteiger partial charge is 0.471 e. The van der Waals surface area contributed by atoms with Crippen molar-refractivity contribution >= 4 is 16.1 Å². The summed E-state index contributed by atoms with van der Waals surface area (Å²) in [7, 11) is -3.92. The van der Waals surface area contributed by atoms with Crippen LogP contribution in [0.1, 0.15) is 33.1 Å². The number of aromatic nitrogens is 2. The Kier molecular flexibility index (Phi) is 6.02. The van der Waals surface area contributed by atoms with E-state index in [0.717, 1.165) is 0 Å². The zero-order chi connectivity index (χ0) is 23.0. The second-order valence-electron chi connectivity index (χ2n) is 7.98. The number of amides is 1. The summed E-state index contributed by atoms with van der Waals surface area (Å²) in [6.07, 6.45) is -4.87. The summed E-state index contributed by atoms with van der Waals surface area (Å²) in [6.45, 7) is 5.73. The maximum atomic E-state index is 12.6. The van der Waals surface area contributed by atoms with Gasteiger partial charge in [0.15, 0.2) is 0 Å². The highest BCUT2D eigenvalue weighted by Gasteiger charge is 2.38. The monoisotopic (exact) mass is 462 g/mol. The van der Waals surface area contributed by atoms with Crippen molar-refractivity contribution in [2.75, 3.05) is 13.1 Å². The molecule has 0 aliphatic carbocycles. The molecule has 1 amide bonds. The van der Waals surface area contributed by atoms with Crippen LogP contribution in [0.3, 0.4) is 0 Å². The highest BCUT2D eigenvalue weighted by molar-refractivity contribution is 7.89. The molecule has 1 aliphatic rings. The number of nitrogens with one attached hydrogen (secondary N) is 1. The predicted molar refractivity (Wildman–Crippen MR) is 101 cm³/mol. The van der Waals surface area contributed by atoms with Crippen LogP contribution in [0.2, 0.25) is 0 Å². The number of nitrogens with zero attached hydrogens (tertiary/aromatic N) is 3. The number of likely N-dealkylation sites (tertiary alicyclic amines) is 1. The lowest BCUT2D eigenvalue weighted by Crippen LogP contribution is -2.40. The van der Waals surface area contributed by atoms with Gasteiger partial charge in [-0.25, -0.2) is 17.9 Å². The number of hydrogen-bond acceptors (Lipinski definition) is 7. The van der Waals surface area contributed by atoms with Crippen LogP contribution in [0, 0.1) is 0 Å². The number of halogens is 3. The summed E-state index contributed by atoms with van der Waals surface area (Å²) in [5.74, 6) is -1.80. The molecule has 1 N–H and O–H groups in total. The molecule has 2 aromatic rings. The van der Waals surface area contributed by atoms with Gasteiger partial charge in [-0.1, -0.05) is 5.16 Å². The van der Waals surface area contributed by atoms with Gasteiger partial charge in [0.2, 0.25) is 15.8 Å². The Bertz CT molecular complexity index is 1050. The quantitative estimate of drug-likeness (QED) is 0.743. The van der Waals surface area contributed by atoms with Crippen LogP contribution in [0.25, 0.3) is 11.4 Å². The minimum absolute atomic E-state index is 0.0912. The molecule has 1 aliphatic heterocycles. The average molecular weight is 462 g/mol. The minimum atomic E-state index is -4.77. The third kappa shape index (κ3) is 5.73. The van der Waals surface area contributed by atoms with Gasteiger partial charge in [-0.15, -0.1) is 0 Å². The second-order valence-corrected chi connectivity index (χ2v) is 9.69. The molecule has 0 spiro atoms. The molecule has 3 rings (SSSR count). The number of carbonyl (C=O) groups excluding carboxylic acids is 1. The van der Waals surface area contributed by atoms with Crippen molar-refractivity contribution in [3.05, 3.63) is 30.2 Å². The first-order valence-corrected chi connectivity index (χ1v) is 10.7. The second kappa shape index (κ2) is 8.11. The van der Waals surface area contributed by atoms with Gasteiger partial charge in [-0.05, 0) is 51.5 Å². The van der Waals surface area contributed by atoms with Gasteiger partial charge in [0.05, 0.1) is 4.90 Å². The van der Waals surface area contributed by atoms with Gasteiger partial charge in [0, 0.05) is 24.7 Å². The first-order valence-electron chi connectivity index (χ1n) is 9.26. The molecule has 1 fully saturated rings. The molecule has 0 bridgehead atoms. The number of alkyl halides is 3. The van der Waals surface area contributed by atoms with Gasteiger partial charge < -0.3 is 14.2 Å². The third-order valence-corrected chi connectivity index (χ3v) is 5.79. The molecule has 1 aromatic heterocycles. The number of sulfonamides is 1. The van der Waals surface area contributed by atoms with Crippen LogP contribution < -0.4 is 4.72 Å².